The third-order valence-electron chi connectivity index (χ3n) is 3.56. The first-order chi connectivity index (χ1) is 10.2. The molecule has 0 radical (unpaired) electrons. The van der Waals surface area contributed by atoms with E-state index < -0.39 is 5.60 Å². The van der Waals surface area contributed by atoms with Crippen LogP contribution in [0.1, 0.15) is 52.5 Å². The van der Waals surface area contributed by atoms with Crippen molar-refractivity contribution < 1.29 is 14.3 Å². The molecule has 1 aliphatic rings. The zero-order valence-electron chi connectivity index (χ0n) is 14.3. The quantitative estimate of drug-likeness (QED) is 0.840. The maximum Gasteiger partial charge on any atom is 0.410 e. The number of hydrogen-bond donors (Lipinski definition) is 0. The topological polar surface area (TPSA) is 38.8 Å². The molecule has 122 valence electrons. The van der Waals surface area contributed by atoms with E-state index in [-0.39, 0.29) is 12.2 Å². The van der Waals surface area contributed by atoms with Crippen LogP contribution in [0, 0.1) is 0 Å². The Labute approximate surface area is 133 Å². The van der Waals surface area contributed by atoms with Crippen LogP contribution >= 0.6 is 0 Å². The molecule has 0 saturated carbocycles. The largest absolute Gasteiger partial charge is 0.491 e. The second-order valence-electron chi connectivity index (χ2n) is 7.15. The lowest BCUT2D eigenvalue weighted by molar-refractivity contribution is 0.0292. The van der Waals surface area contributed by atoms with Crippen LogP contribution in [0.2, 0.25) is 0 Å². The number of carbonyl (C=O) groups is 1. The summed E-state index contributed by atoms with van der Waals surface area (Å²) in [6.45, 7) is 11.2. The summed E-state index contributed by atoms with van der Waals surface area (Å²) in [7, 11) is 0. The highest BCUT2D eigenvalue weighted by atomic mass is 16.6. The molecule has 1 heterocycles. The van der Waals surface area contributed by atoms with Gasteiger partial charge in [0, 0.05) is 19.0 Å². The summed E-state index contributed by atoms with van der Waals surface area (Å²) in [4.78, 5) is 13.9. The molecular formula is C18H27NO3. The average Bonchev–Trinajstić information content (AvgIpc) is 2.86. The number of rotatable bonds is 3. The summed E-state index contributed by atoms with van der Waals surface area (Å²) in [6.07, 6.45) is 0.943. The molecule has 0 bridgehead atoms. The van der Waals surface area contributed by atoms with Crippen molar-refractivity contribution in [3.63, 3.8) is 0 Å². The molecule has 0 aromatic heterocycles. The minimum atomic E-state index is -0.439. The van der Waals surface area contributed by atoms with Gasteiger partial charge in [-0.3, -0.25) is 0 Å². The predicted molar refractivity (Wildman–Crippen MR) is 87.4 cm³/mol. The fraction of sp³-hybridized carbons (Fsp3) is 0.611. The van der Waals surface area contributed by atoms with Crippen LogP contribution in [0.3, 0.4) is 0 Å². The number of benzene rings is 1. The normalized spacial score (nSPS) is 18.6. The zero-order valence-corrected chi connectivity index (χ0v) is 14.3. The molecule has 4 nitrogen and oxygen atoms in total. The molecule has 1 amide bonds. The Morgan fingerprint density at radius 3 is 2.41 bits per heavy atom. The van der Waals surface area contributed by atoms with Gasteiger partial charge in [0.05, 0.1) is 6.10 Å². The first kappa shape index (κ1) is 16.7. The number of nitrogens with zero attached hydrogens (tertiary/aromatic N) is 1. The molecule has 22 heavy (non-hydrogen) atoms. The van der Waals surface area contributed by atoms with Crippen LogP contribution in [0.5, 0.6) is 5.75 Å². The van der Waals surface area contributed by atoms with Crippen LogP contribution in [-0.4, -0.2) is 35.8 Å². The van der Waals surface area contributed by atoms with Crippen molar-refractivity contribution in [3.05, 3.63) is 29.8 Å². The predicted octanol–water partition coefficient (Wildman–Crippen LogP) is 4.20. The van der Waals surface area contributed by atoms with Gasteiger partial charge >= 0.3 is 6.09 Å². The number of carbonyl (C=O) groups excluding carboxylic acids is 1. The molecule has 4 heteroatoms. The van der Waals surface area contributed by atoms with Crippen molar-refractivity contribution in [2.24, 2.45) is 0 Å². The van der Waals surface area contributed by atoms with E-state index in [1.54, 1.807) is 4.90 Å². The number of ether oxygens (including phenoxy) is 2. The van der Waals surface area contributed by atoms with E-state index in [1.807, 2.05) is 46.8 Å². The van der Waals surface area contributed by atoms with Gasteiger partial charge in [-0.2, -0.15) is 0 Å². The zero-order chi connectivity index (χ0) is 16.3. The molecular weight excluding hydrogens is 278 g/mol. The van der Waals surface area contributed by atoms with Gasteiger partial charge in [0.25, 0.3) is 0 Å². The third kappa shape index (κ3) is 4.65. The van der Waals surface area contributed by atoms with Crippen molar-refractivity contribution in [2.75, 3.05) is 13.1 Å². The van der Waals surface area contributed by atoms with Gasteiger partial charge in [-0.25, -0.2) is 4.79 Å². The van der Waals surface area contributed by atoms with E-state index in [9.17, 15) is 4.79 Å². The summed E-state index contributed by atoms with van der Waals surface area (Å²) in [5.74, 6) is 1.27. The summed E-state index contributed by atoms with van der Waals surface area (Å²) in [6, 6.07) is 8.21. The van der Waals surface area contributed by atoms with Crippen molar-refractivity contribution in [1.29, 1.82) is 0 Å². The highest BCUT2D eigenvalue weighted by Gasteiger charge is 2.30. The molecule has 0 aliphatic carbocycles. The number of likely N-dealkylation sites (tertiary alicyclic amines) is 1. The fourth-order valence-electron chi connectivity index (χ4n) is 2.62. The van der Waals surface area contributed by atoms with Crippen LogP contribution in [-0.2, 0) is 4.74 Å². The standard InChI is InChI=1S/C18H27NO3/c1-13(2)21-16-8-6-14(7-9-16)15-10-11-19(12-15)17(20)22-18(3,4)5/h6-9,13,15H,10-12H2,1-5H3. The SMILES string of the molecule is CC(C)Oc1ccc(C2CCN(C(=O)OC(C)(C)C)C2)cc1. The molecule has 0 spiro atoms. The van der Waals surface area contributed by atoms with Gasteiger partial charge in [0.15, 0.2) is 0 Å². The Balaban J connectivity index is 1.94. The van der Waals surface area contributed by atoms with E-state index in [2.05, 4.69) is 12.1 Å². The van der Waals surface area contributed by atoms with Crippen molar-refractivity contribution in [3.8, 4) is 5.75 Å². The first-order valence-electron chi connectivity index (χ1n) is 7.99. The maximum atomic E-state index is 12.1. The number of amides is 1. The monoisotopic (exact) mass is 305 g/mol. The van der Waals surface area contributed by atoms with E-state index in [0.29, 0.717) is 5.92 Å². The molecule has 2 rings (SSSR count). The Kier molecular flexibility index (Phi) is 4.99. The van der Waals surface area contributed by atoms with E-state index in [0.717, 1.165) is 25.3 Å². The maximum absolute atomic E-state index is 12.1. The van der Waals surface area contributed by atoms with Crippen molar-refractivity contribution >= 4 is 6.09 Å². The van der Waals surface area contributed by atoms with Gasteiger partial charge in [-0.1, -0.05) is 12.1 Å². The number of hydrogen-bond acceptors (Lipinski definition) is 3. The molecule has 1 saturated heterocycles. The molecule has 0 N–H and O–H groups in total. The lowest BCUT2D eigenvalue weighted by Gasteiger charge is -2.24. The van der Waals surface area contributed by atoms with Crippen LogP contribution in [0.15, 0.2) is 24.3 Å². The average molecular weight is 305 g/mol. The third-order valence-corrected chi connectivity index (χ3v) is 3.56. The van der Waals surface area contributed by atoms with E-state index >= 15 is 0 Å². The fourth-order valence-corrected chi connectivity index (χ4v) is 2.62. The summed E-state index contributed by atoms with van der Waals surface area (Å²) in [5.41, 5.74) is 0.813. The van der Waals surface area contributed by atoms with Gasteiger partial charge in [-0.15, -0.1) is 0 Å². The minimum absolute atomic E-state index is 0.181. The molecule has 1 fully saturated rings. The molecule has 1 aromatic rings. The van der Waals surface area contributed by atoms with Crippen LogP contribution in [0.25, 0.3) is 0 Å². The Hall–Kier alpha value is -1.71. The summed E-state index contributed by atoms with van der Waals surface area (Å²) in [5, 5.41) is 0. The summed E-state index contributed by atoms with van der Waals surface area (Å²) < 4.78 is 11.1. The minimum Gasteiger partial charge on any atom is -0.491 e. The molecule has 1 atom stereocenters. The van der Waals surface area contributed by atoms with Crippen LogP contribution < -0.4 is 4.74 Å². The van der Waals surface area contributed by atoms with Gasteiger partial charge in [-0.05, 0) is 58.7 Å². The highest BCUT2D eigenvalue weighted by Crippen LogP contribution is 2.29. The Bertz CT molecular complexity index is 502. The molecule has 1 aromatic carbocycles. The van der Waals surface area contributed by atoms with E-state index in [1.165, 1.54) is 5.56 Å². The highest BCUT2D eigenvalue weighted by molar-refractivity contribution is 5.68. The Morgan fingerprint density at radius 2 is 1.86 bits per heavy atom. The van der Waals surface area contributed by atoms with Gasteiger partial charge in [0.1, 0.15) is 11.4 Å². The first-order valence-corrected chi connectivity index (χ1v) is 7.99. The van der Waals surface area contributed by atoms with Crippen LogP contribution in [0.4, 0.5) is 4.79 Å². The smallest absolute Gasteiger partial charge is 0.410 e. The van der Waals surface area contributed by atoms with Gasteiger partial charge < -0.3 is 14.4 Å². The lowest BCUT2D eigenvalue weighted by atomic mass is 9.98. The lowest BCUT2D eigenvalue weighted by Crippen LogP contribution is -2.35. The second kappa shape index (κ2) is 6.59. The molecule has 1 aliphatic heterocycles. The molecule has 1 unspecified atom stereocenters. The van der Waals surface area contributed by atoms with E-state index in [4.69, 9.17) is 9.47 Å². The van der Waals surface area contributed by atoms with Gasteiger partial charge in [0.2, 0.25) is 0 Å². The van der Waals surface area contributed by atoms with Crippen molar-refractivity contribution in [2.45, 2.75) is 58.7 Å². The second-order valence-corrected chi connectivity index (χ2v) is 7.15. The van der Waals surface area contributed by atoms with Crippen molar-refractivity contribution in [1.82, 2.24) is 4.90 Å². The Morgan fingerprint density at radius 1 is 1.23 bits per heavy atom. The summed E-state index contributed by atoms with van der Waals surface area (Å²) >= 11 is 0.